The van der Waals surface area contributed by atoms with Crippen molar-refractivity contribution in [2.24, 2.45) is 11.8 Å². The lowest BCUT2D eigenvalue weighted by Crippen LogP contribution is -2.16. The zero-order chi connectivity index (χ0) is 13.1. The van der Waals surface area contributed by atoms with Gasteiger partial charge in [-0.15, -0.1) is 0 Å². The Morgan fingerprint density at radius 3 is 2.44 bits per heavy atom. The second-order valence-corrected chi connectivity index (χ2v) is 4.72. The van der Waals surface area contributed by atoms with E-state index in [1.165, 1.54) is 5.56 Å². The van der Waals surface area contributed by atoms with Crippen LogP contribution in [0.5, 0.6) is 0 Å². The number of rotatable bonds is 5. The Bertz CT molecular complexity index is 453. The summed E-state index contributed by atoms with van der Waals surface area (Å²) in [6.45, 7) is 2.12. The van der Waals surface area contributed by atoms with Gasteiger partial charge in [0.1, 0.15) is 0 Å². The van der Waals surface area contributed by atoms with E-state index in [0.29, 0.717) is 6.42 Å². The van der Waals surface area contributed by atoms with E-state index >= 15 is 0 Å². The van der Waals surface area contributed by atoms with Gasteiger partial charge in [0.2, 0.25) is 5.91 Å². The standard InChI is InChI=1S/C14H17NO3/c1-2-3-9-4-6-10(7-5-9)15-13(16)11-8-12(11)14(17)18/h4-7,11-12H,2-3,8H2,1H3,(H,15,16)(H,17,18)/t11-,12+/m1/s1. The van der Waals surface area contributed by atoms with E-state index < -0.39 is 11.9 Å². The van der Waals surface area contributed by atoms with Crippen LogP contribution in [0.4, 0.5) is 5.69 Å². The molecular formula is C14H17NO3. The number of carboxylic acid groups (broad SMARTS) is 1. The van der Waals surface area contributed by atoms with Gasteiger partial charge < -0.3 is 10.4 Å². The minimum Gasteiger partial charge on any atom is -0.481 e. The van der Waals surface area contributed by atoms with Crippen molar-refractivity contribution in [1.82, 2.24) is 0 Å². The summed E-state index contributed by atoms with van der Waals surface area (Å²) < 4.78 is 0. The van der Waals surface area contributed by atoms with Crippen LogP contribution in [0.1, 0.15) is 25.3 Å². The van der Waals surface area contributed by atoms with Crippen LogP contribution in [0, 0.1) is 11.8 Å². The Balaban J connectivity index is 1.90. The third-order valence-electron chi connectivity index (χ3n) is 3.20. The maximum Gasteiger partial charge on any atom is 0.307 e. The second kappa shape index (κ2) is 5.21. The van der Waals surface area contributed by atoms with Gasteiger partial charge in [0.15, 0.2) is 0 Å². The van der Waals surface area contributed by atoms with Gasteiger partial charge >= 0.3 is 5.97 Å². The Labute approximate surface area is 106 Å². The Hall–Kier alpha value is -1.84. The lowest BCUT2D eigenvalue weighted by molar-refractivity contribution is -0.139. The minimum atomic E-state index is -0.881. The molecule has 2 N–H and O–H groups in total. The molecule has 1 aliphatic rings. The molecule has 0 unspecified atom stereocenters. The number of nitrogens with one attached hydrogen (secondary N) is 1. The molecule has 0 heterocycles. The van der Waals surface area contributed by atoms with Crippen LogP contribution in [-0.2, 0) is 16.0 Å². The number of anilines is 1. The molecule has 18 heavy (non-hydrogen) atoms. The molecule has 0 bridgehead atoms. The monoisotopic (exact) mass is 247 g/mol. The quantitative estimate of drug-likeness (QED) is 0.839. The van der Waals surface area contributed by atoms with E-state index in [1.54, 1.807) is 0 Å². The van der Waals surface area contributed by atoms with E-state index in [1.807, 2.05) is 24.3 Å². The number of carboxylic acids is 1. The van der Waals surface area contributed by atoms with Gasteiger partial charge in [-0.2, -0.15) is 0 Å². The number of amides is 1. The fourth-order valence-corrected chi connectivity index (χ4v) is 2.04. The molecule has 0 spiro atoms. The summed E-state index contributed by atoms with van der Waals surface area (Å²) in [6.07, 6.45) is 2.57. The molecule has 1 fully saturated rings. The predicted molar refractivity (Wildman–Crippen MR) is 68.3 cm³/mol. The molecular weight excluding hydrogens is 230 g/mol. The molecule has 1 saturated carbocycles. The van der Waals surface area contributed by atoms with E-state index in [0.717, 1.165) is 18.5 Å². The summed E-state index contributed by atoms with van der Waals surface area (Å²) in [5.41, 5.74) is 1.97. The highest BCUT2D eigenvalue weighted by Gasteiger charge is 2.48. The minimum absolute atomic E-state index is 0.189. The van der Waals surface area contributed by atoms with E-state index in [2.05, 4.69) is 12.2 Å². The first-order chi connectivity index (χ1) is 8.61. The molecule has 1 amide bonds. The van der Waals surface area contributed by atoms with Gasteiger partial charge in [0.05, 0.1) is 11.8 Å². The molecule has 1 aromatic carbocycles. The first-order valence-corrected chi connectivity index (χ1v) is 6.24. The van der Waals surface area contributed by atoms with Gasteiger partial charge in [0, 0.05) is 5.69 Å². The number of hydrogen-bond donors (Lipinski definition) is 2. The van der Waals surface area contributed by atoms with Crippen LogP contribution in [-0.4, -0.2) is 17.0 Å². The maximum atomic E-state index is 11.7. The maximum absolute atomic E-state index is 11.7. The first kappa shape index (κ1) is 12.6. The number of aliphatic carboxylic acids is 1. The summed E-state index contributed by atoms with van der Waals surface area (Å²) >= 11 is 0. The molecule has 1 aliphatic carbocycles. The number of aryl methyl sites for hydroxylation is 1. The number of carbonyl (C=O) groups excluding carboxylic acids is 1. The predicted octanol–water partition coefficient (Wildman–Crippen LogP) is 2.30. The van der Waals surface area contributed by atoms with Crippen molar-refractivity contribution in [2.75, 3.05) is 5.32 Å². The molecule has 0 radical (unpaired) electrons. The zero-order valence-corrected chi connectivity index (χ0v) is 10.3. The molecule has 0 saturated heterocycles. The van der Waals surface area contributed by atoms with Gasteiger partial charge in [-0.3, -0.25) is 9.59 Å². The molecule has 4 nitrogen and oxygen atoms in total. The normalized spacial score (nSPS) is 21.4. The van der Waals surface area contributed by atoms with E-state index in [4.69, 9.17) is 5.11 Å². The smallest absolute Gasteiger partial charge is 0.307 e. The average molecular weight is 247 g/mol. The molecule has 2 rings (SSSR count). The second-order valence-electron chi connectivity index (χ2n) is 4.72. The van der Waals surface area contributed by atoms with Crippen molar-refractivity contribution in [3.63, 3.8) is 0 Å². The Morgan fingerprint density at radius 2 is 1.94 bits per heavy atom. The van der Waals surface area contributed by atoms with Crippen LogP contribution < -0.4 is 5.32 Å². The molecule has 2 atom stereocenters. The third-order valence-corrected chi connectivity index (χ3v) is 3.20. The fourth-order valence-electron chi connectivity index (χ4n) is 2.04. The van der Waals surface area contributed by atoms with Crippen molar-refractivity contribution in [2.45, 2.75) is 26.2 Å². The summed E-state index contributed by atoms with van der Waals surface area (Å²) in [5.74, 6) is -1.93. The van der Waals surface area contributed by atoms with Crippen LogP contribution in [0.3, 0.4) is 0 Å². The summed E-state index contributed by atoms with van der Waals surface area (Å²) in [4.78, 5) is 22.4. The molecule has 96 valence electrons. The molecule has 1 aromatic rings. The first-order valence-electron chi connectivity index (χ1n) is 6.24. The highest BCUT2D eigenvalue weighted by atomic mass is 16.4. The molecule has 4 heteroatoms. The summed E-state index contributed by atoms with van der Waals surface area (Å²) in [7, 11) is 0. The van der Waals surface area contributed by atoms with E-state index in [9.17, 15) is 9.59 Å². The summed E-state index contributed by atoms with van der Waals surface area (Å²) in [5, 5.41) is 11.5. The van der Waals surface area contributed by atoms with Crippen LogP contribution >= 0.6 is 0 Å². The fraction of sp³-hybridized carbons (Fsp3) is 0.429. The number of carbonyl (C=O) groups is 2. The van der Waals surface area contributed by atoms with Crippen molar-refractivity contribution < 1.29 is 14.7 Å². The summed E-state index contributed by atoms with van der Waals surface area (Å²) in [6, 6.07) is 7.70. The molecule has 0 aliphatic heterocycles. The molecule has 0 aromatic heterocycles. The average Bonchev–Trinajstić information content (AvgIpc) is 3.12. The van der Waals surface area contributed by atoms with Gasteiger partial charge in [-0.25, -0.2) is 0 Å². The van der Waals surface area contributed by atoms with Crippen molar-refractivity contribution in [3.05, 3.63) is 29.8 Å². The number of hydrogen-bond acceptors (Lipinski definition) is 2. The zero-order valence-electron chi connectivity index (χ0n) is 10.3. The van der Waals surface area contributed by atoms with Gasteiger partial charge in [0.25, 0.3) is 0 Å². The van der Waals surface area contributed by atoms with Crippen molar-refractivity contribution in [1.29, 1.82) is 0 Å². The highest BCUT2D eigenvalue weighted by molar-refractivity contribution is 5.98. The van der Waals surface area contributed by atoms with Gasteiger partial charge in [-0.1, -0.05) is 25.5 Å². The SMILES string of the molecule is CCCc1ccc(NC(=O)[C@@H]2C[C@@H]2C(=O)O)cc1. The van der Waals surface area contributed by atoms with E-state index in [-0.39, 0.29) is 11.8 Å². The van der Waals surface area contributed by atoms with Crippen LogP contribution in [0.2, 0.25) is 0 Å². The topological polar surface area (TPSA) is 66.4 Å². The Kier molecular flexibility index (Phi) is 3.65. The van der Waals surface area contributed by atoms with Crippen LogP contribution in [0.25, 0.3) is 0 Å². The van der Waals surface area contributed by atoms with Crippen LogP contribution in [0.15, 0.2) is 24.3 Å². The van der Waals surface area contributed by atoms with Gasteiger partial charge in [-0.05, 0) is 30.5 Å². The largest absolute Gasteiger partial charge is 0.481 e. The van der Waals surface area contributed by atoms with Crippen molar-refractivity contribution in [3.8, 4) is 0 Å². The number of benzene rings is 1. The Morgan fingerprint density at radius 1 is 1.28 bits per heavy atom. The lowest BCUT2D eigenvalue weighted by Gasteiger charge is -2.05. The lowest BCUT2D eigenvalue weighted by atomic mass is 10.1. The third kappa shape index (κ3) is 2.88. The van der Waals surface area contributed by atoms with Crippen molar-refractivity contribution >= 4 is 17.6 Å². The highest BCUT2D eigenvalue weighted by Crippen LogP contribution is 2.39.